The number of carbonyl (C=O) groups excluding carboxylic acids is 1. The lowest BCUT2D eigenvalue weighted by molar-refractivity contribution is -0.138. The van der Waals surface area contributed by atoms with Crippen LogP contribution in [0, 0.1) is 0 Å². The topological polar surface area (TPSA) is 72.9 Å². The summed E-state index contributed by atoms with van der Waals surface area (Å²) in [5.74, 6) is 0.243. The number of ether oxygens (including phenoxy) is 2. The van der Waals surface area contributed by atoms with Gasteiger partial charge in [-0.15, -0.1) is 0 Å². The highest BCUT2D eigenvalue weighted by Crippen LogP contribution is 2.21. The lowest BCUT2D eigenvalue weighted by Gasteiger charge is -2.19. The van der Waals surface area contributed by atoms with E-state index in [-0.39, 0.29) is 18.1 Å². The van der Waals surface area contributed by atoms with Gasteiger partial charge in [-0.3, -0.25) is 0 Å². The summed E-state index contributed by atoms with van der Waals surface area (Å²) in [4.78, 5) is 12.1. The number of sulfonamides is 1. The Labute approximate surface area is 178 Å². The molecule has 1 aliphatic heterocycles. The van der Waals surface area contributed by atoms with Gasteiger partial charge in [0.2, 0.25) is 10.0 Å². The number of para-hydroxylation sites is 1. The minimum Gasteiger partial charge on any atom is -0.490 e. The lowest BCUT2D eigenvalue weighted by atomic mass is 10.2. The van der Waals surface area contributed by atoms with E-state index in [1.807, 2.05) is 30.3 Å². The molecule has 0 bridgehead atoms. The van der Waals surface area contributed by atoms with Crippen LogP contribution in [0.4, 0.5) is 0 Å². The summed E-state index contributed by atoms with van der Waals surface area (Å²) >= 11 is 0. The van der Waals surface area contributed by atoms with Crippen molar-refractivity contribution in [3.63, 3.8) is 0 Å². The fourth-order valence-corrected chi connectivity index (χ4v) is 4.73. The Morgan fingerprint density at radius 2 is 1.57 bits per heavy atom. The van der Waals surface area contributed by atoms with Gasteiger partial charge in [-0.05, 0) is 48.7 Å². The van der Waals surface area contributed by atoms with Gasteiger partial charge in [0.05, 0.1) is 4.90 Å². The van der Waals surface area contributed by atoms with Crippen LogP contribution in [-0.2, 0) is 19.6 Å². The van der Waals surface area contributed by atoms with Crippen LogP contribution >= 0.6 is 0 Å². The maximum atomic E-state index is 12.8. The van der Waals surface area contributed by atoms with Crippen LogP contribution in [0.1, 0.15) is 31.2 Å². The van der Waals surface area contributed by atoms with E-state index < -0.39 is 16.0 Å². The summed E-state index contributed by atoms with van der Waals surface area (Å²) < 4.78 is 37.7. The molecule has 1 fully saturated rings. The van der Waals surface area contributed by atoms with Gasteiger partial charge in [0.1, 0.15) is 19.0 Å². The SMILES string of the molecule is O=C(C=Cc1ccc(S(=O)(=O)N2CCCCCC2)cc1)OCCOc1ccccc1. The molecule has 6 nitrogen and oxygen atoms in total. The second-order valence-electron chi connectivity index (χ2n) is 7.05. The van der Waals surface area contributed by atoms with Crippen molar-refractivity contribution < 1.29 is 22.7 Å². The molecule has 2 aromatic rings. The van der Waals surface area contributed by atoms with Crippen molar-refractivity contribution in [2.75, 3.05) is 26.3 Å². The van der Waals surface area contributed by atoms with E-state index in [1.54, 1.807) is 34.6 Å². The molecule has 0 unspecified atom stereocenters. The van der Waals surface area contributed by atoms with E-state index in [9.17, 15) is 13.2 Å². The van der Waals surface area contributed by atoms with Crippen molar-refractivity contribution in [1.82, 2.24) is 4.31 Å². The van der Waals surface area contributed by atoms with Crippen molar-refractivity contribution in [2.24, 2.45) is 0 Å². The summed E-state index contributed by atoms with van der Waals surface area (Å²) in [6.07, 6.45) is 6.87. The minimum atomic E-state index is -3.47. The molecule has 0 aliphatic carbocycles. The van der Waals surface area contributed by atoms with Gasteiger partial charge in [0.25, 0.3) is 0 Å². The average molecular weight is 430 g/mol. The van der Waals surface area contributed by atoms with Crippen LogP contribution in [0.2, 0.25) is 0 Å². The lowest BCUT2D eigenvalue weighted by Crippen LogP contribution is -2.31. The van der Waals surface area contributed by atoms with Crippen LogP contribution in [0.3, 0.4) is 0 Å². The Morgan fingerprint density at radius 1 is 0.900 bits per heavy atom. The molecule has 0 aromatic heterocycles. The number of hydrogen-bond acceptors (Lipinski definition) is 5. The predicted molar refractivity (Wildman–Crippen MR) is 116 cm³/mol. The normalized spacial score (nSPS) is 15.6. The first kappa shape index (κ1) is 22.1. The number of benzene rings is 2. The number of nitrogens with zero attached hydrogens (tertiary/aromatic N) is 1. The van der Waals surface area contributed by atoms with Gasteiger partial charge >= 0.3 is 5.97 Å². The first-order chi connectivity index (χ1) is 14.6. The number of hydrogen-bond donors (Lipinski definition) is 0. The van der Waals surface area contributed by atoms with Crippen molar-refractivity contribution in [3.05, 3.63) is 66.2 Å². The molecule has 30 heavy (non-hydrogen) atoms. The van der Waals surface area contributed by atoms with Crippen molar-refractivity contribution in [2.45, 2.75) is 30.6 Å². The van der Waals surface area contributed by atoms with Crippen LogP contribution in [0.25, 0.3) is 6.08 Å². The maximum Gasteiger partial charge on any atom is 0.330 e. The molecule has 1 aliphatic rings. The first-order valence-electron chi connectivity index (χ1n) is 10.2. The zero-order valence-electron chi connectivity index (χ0n) is 16.9. The number of carbonyl (C=O) groups is 1. The Kier molecular flexibility index (Phi) is 8.04. The Bertz CT molecular complexity index is 931. The summed E-state index contributed by atoms with van der Waals surface area (Å²) in [6, 6.07) is 15.8. The highest BCUT2D eigenvalue weighted by molar-refractivity contribution is 7.89. The first-order valence-corrected chi connectivity index (χ1v) is 11.6. The van der Waals surface area contributed by atoms with Gasteiger partial charge in [-0.2, -0.15) is 4.31 Å². The van der Waals surface area contributed by atoms with Crippen LogP contribution in [0.15, 0.2) is 65.6 Å². The molecule has 0 atom stereocenters. The maximum absolute atomic E-state index is 12.8. The standard InChI is InChI=1S/C23H27NO5S/c25-23(29-19-18-28-21-8-4-3-5-9-21)15-12-20-10-13-22(14-11-20)30(26,27)24-16-6-1-2-7-17-24/h3-5,8-15H,1-2,6-7,16-19H2. The quantitative estimate of drug-likeness (QED) is 0.362. The molecule has 2 aromatic carbocycles. The highest BCUT2D eigenvalue weighted by Gasteiger charge is 2.24. The average Bonchev–Trinajstić information content (AvgIpc) is 3.07. The van der Waals surface area contributed by atoms with Gasteiger partial charge in [-0.25, -0.2) is 13.2 Å². The fraction of sp³-hybridized carbons (Fsp3) is 0.348. The Balaban J connectivity index is 1.48. The molecule has 1 saturated heterocycles. The highest BCUT2D eigenvalue weighted by atomic mass is 32.2. The van der Waals surface area contributed by atoms with E-state index in [1.165, 1.54) is 6.08 Å². The van der Waals surface area contributed by atoms with Gasteiger partial charge in [-0.1, -0.05) is 43.2 Å². The zero-order valence-corrected chi connectivity index (χ0v) is 17.7. The second kappa shape index (κ2) is 10.9. The molecule has 0 N–H and O–H groups in total. The molecular weight excluding hydrogens is 402 g/mol. The molecule has 3 rings (SSSR count). The Morgan fingerprint density at radius 3 is 2.23 bits per heavy atom. The van der Waals surface area contributed by atoms with E-state index in [0.29, 0.717) is 13.1 Å². The molecule has 0 saturated carbocycles. The van der Waals surface area contributed by atoms with Crippen molar-refractivity contribution >= 4 is 22.1 Å². The molecular formula is C23H27NO5S. The smallest absolute Gasteiger partial charge is 0.330 e. The fourth-order valence-electron chi connectivity index (χ4n) is 3.21. The molecule has 0 amide bonds. The molecule has 7 heteroatoms. The third kappa shape index (κ3) is 6.43. The zero-order chi connectivity index (χ0) is 21.2. The number of esters is 1. The Hall–Kier alpha value is -2.64. The third-order valence-corrected chi connectivity index (χ3v) is 6.75. The van der Waals surface area contributed by atoms with E-state index >= 15 is 0 Å². The minimum absolute atomic E-state index is 0.144. The molecule has 1 heterocycles. The summed E-state index contributed by atoms with van der Waals surface area (Å²) in [7, 11) is -3.47. The number of rotatable bonds is 8. The largest absolute Gasteiger partial charge is 0.490 e. The van der Waals surface area contributed by atoms with Crippen LogP contribution < -0.4 is 4.74 Å². The van der Waals surface area contributed by atoms with Gasteiger partial charge in [0.15, 0.2) is 0 Å². The molecule has 0 radical (unpaired) electrons. The van der Waals surface area contributed by atoms with Gasteiger partial charge in [0, 0.05) is 19.2 Å². The monoisotopic (exact) mass is 429 g/mol. The van der Waals surface area contributed by atoms with Gasteiger partial charge < -0.3 is 9.47 Å². The predicted octanol–water partition coefficient (Wildman–Crippen LogP) is 3.89. The van der Waals surface area contributed by atoms with Crippen LogP contribution in [-0.4, -0.2) is 45.0 Å². The van der Waals surface area contributed by atoms with E-state index in [4.69, 9.17) is 9.47 Å². The molecule has 0 spiro atoms. The molecule has 160 valence electrons. The summed E-state index contributed by atoms with van der Waals surface area (Å²) in [5, 5.41) is 0. The van der Waals surface area contributed by atoms with E-state index in [0.717, 1.165) is 37.0 Å². The van der Waals surface area contributed by atoms with E-state index in [2.05, 4.69) is 0 Å². The summed E-state index contributed by atoms with van der Waals surface area (Å²) in [5.41, 5.74) is 0.724. The van der Waals surface area contributed by atoms with Crippen molar-refractivity contribution in [1.29, 1.82) is 0 Å². The second-order valence-corrected chi connectivity index (χ2v) is 8.99. The van der Waals surface area contributed by atoms with Crippen LogP contribution in [0.5, 0.6) is 5.75 Å². The summed E-state index contributed by atoms with van der Waals surface area (Å²) in [6.45, 7) is 1.56. The third-order valence-electron chi connectivity index (χ3n) is 4.83. The van der Waals surface area contributed by atoms with Crippen molar-refractivity contribution in [3.8, 4) is 5.75 Å².